The van der Waals surface area contributed by atoms with E-state index >= 15 is 0 Å². The van der Waals surface area contributed by atoms with Gasteiger partial charge in [-0.1, -0.05) is 11.3 Å². The number of amides is 1. The highest BCUT2D eigenvalue weighted by atomic mass is 32.1. The zero-order valence-corrected chi connectivity index (χ0v) is 14.5. The first-order chi connectivity index (χ1) is 11.9. The molecule has 1 amide bonds. The average Bonchev–Trinajstić information content (AvgIpc) is 3.07. The summed E-state index contributed by atoms with van der Waals surface area (Å²) in [5, 5.41) is 12.3. The van der Waals surface area contributed by atoms with Crippen LogP contribution in [0.15, 0.2) is 41.8 Å². The topological polar surface area (TPSA) is 89.8 Å². The molecule has 25 heavy (non-hydrogen) atoms. The molecule has 0 aliphatic heterocycles. The number of nitrogens with zero attached hydrogens (tertiary/aromatic N) is 2. The van der Waals surface area contributed by atoms with Gasteiger partial charge in [-0.25, -0.2) is 0 Å². The van der Waals surface area contributed by atoms with Gasteiger partial charge in [0.05, 0.1) is 4.92 Å². The summed E-state index contributed by atoms with van der Waals surface area (Å²) in [6, 6.07) is 7.82. The van der Waals surface area contributed by atoms with Crippen molar-refractivity contribution in [2.45, 2.75) is 0 Å². The van der Waals surface area contributed by atoms with Gasteiger partial charge in [0.1, 0.15) is 5.75 Å². The molecule has 0 aliphatic rings. The van der Waals surface area contributed by atoms with Crippen LogP contribution in [-0.2, 0) is 4.79 Å². The number of rotatable bonds is 7. The molecule has 0 bridgehead atoms. The van der Waals surface area contributed by atoms with E-state index < -0.39 is 4.92 Å². The summed E-state index contributed by atoms with van der Waals surface area (Å²) < 4.78 is 5.34. The average molecular weight is 360 g/mol. The van der Waals surface area contributed by atoms with Crippen molar-refractivity contribution in [2.24, 2.45) is 0 Å². The van der Waals surface area contributed by atoms with Crippen LogP contribution in [0.3, 0.4) is 0 Å². The Labute approximate surface area is 148 Å². The predicted octanol–water partition coefficient (Wildman–Crippen LogP) is 3.02. The second kappa shape index (κ2) is 8.20. The number of ether oxygens (including phenoxy) is 1. The van der Waals surface area contributed by atoms with Crippen molar-refractivity contribution < 1.29 is 19.2 Å². The van der Waals surface area contributed by atoms with Gasteiger partial charge in [0.15, 0.2) is 12.4 Å². The maximum absolute atomic E-state index is 12.1. The lowest BCUT2D eigenvalue weighted by Crippen LogP contribution is -2.27. The Morgan fingerprint density at radius 1 is 1.28 bits per heavy atom. The summed E-state index contributed by atoms with van der Waals surface area (Å²) in [4.78, 5) is 35.1. The molecule has 0 unspecified atom stereocenters. The van der Waals surface area contributed by atoms with Crippen LogP contribution in [0.5, 0.6) is 5.75 Å². The number of thiophene rings is 1. The fourth-order valence-electron chi connectivity index (χ4n) is 1.78. The minimum atomic E-state index is -0.469. The van der Waals surface area contributed by atoms with Gasteiger partial charge in [-0.3, -0.25) is 19.7 Å². The van der Waals surface area contributed by atoms with Crippen LogP contribution >= 0.6 is 11.3 Å². The van der Waals surface area contributed by atoms with Gasteiger partial charge in [-0.05, 0) is 42.0 Å². The Hall–Kier alpha value is -3.00. The highest BCUT2D eigenvalue weighted by molar-refractivity contribution is 7.13. The van der Waals surface area contributed by atoms with Crippen LogP contribution in [0.1, 0.15) is 15.9 Å². The van der Waals surface area contributed by atoms with E-state index in [1.54, 1.807) is 43.7 Å². The number of benzene rings is 1. The first-order valence-electron chi connectivity index (χ1n) is 7.25. The molecular formula is C17H16N2O5S. The smallest absolute Gasteiger partial charge is 0.324 e. The van der Waals surface area contributed by atoms with Crippen molar-refractivity contribution in [1.82, 2.24) is 4.90 Å². The zero-order chi connectivity index (χ0) is 18.4. The molecule has 7 nitrogen and oxygen atoms in total. The summed E-state index contributed by atoms with van der Waals surface area (Å²) in [7, 11) is 3.28. The molecule has 0 spiro atoms. The monoisotopic (exact) mass is 360 g/mol. The number of hydrogen-bond acceptors (Lipinski definition) is 6. The third-order valence-corrected chi connectivity index (χ3v) is 4.11. The normalized spacial score (nSPS) is 10.6. The Kier molecular flexibility index (Phi) is 6.02. The maximum Gasteiger partial charge on any atom is 0.324 e. The van der Waals surface area contributed by atoms with E-state index in [1.807, 2.05) is 0 Å². The summed E-state index contributed by atoms with van der Waals surface area (Å²) in [6.07, 6.45) is 2.89. The molecule has 2 aromatic rings. The quantitative estimate of drug-likeness (QED) is 0.328. The molecule has 0 saturated carbocycles. The van der Waals surface area contributed by atoms with Crippen molar-refractivity contribution in [3.8, 4) is 5.75 Å². The van der Waals surface area contributed by atoms with Gasteiger partial charge in [-0.15, -0.1) is 0 Å². The molecule has 0 aliphatic carbocycles. The minimum Gasteiger partial charge on any atom is -0.484 e. The van der Waals surface area contributed by atoms with Crippen LogP contribution in [0.2, 0.25) is 0 Å². The molecule has 8 heteroatoms. The van der Waals surface area contributed by atoms with E-state index in [0.717, 1.165) is 11.3 Å². The fourth-order valence-corrected chi connectivity index (χ4v) is 2.47. The maximum atomic E-state index is 12.1. The van der Waals surface area contributed by atoms with Crippen molar-refractivity contribution in [3.63, 3.8) is 0 Å². The molecule has 1 heterocycles. The van der Waals surface area contributed by atoms with E-state index in [1.165, 1.54) is 23.1 Å². The number of hydrogen-bond donors (Lipinski definition) is 0. The molecule has 1 aromatic carbocycles. The van der Waals surface area contributed by atoms with E-state index in [0.29, 0.717) is 16.9 Å². The third-order valence-electron chi connectivity index (χ3n) is 3.21. The molecule has 0 fully saturated rings. The highest BCUT2D eigenvalue weighted by Crippen LogP contribution is 2.23. The van der Waals surface area contributed by atoms with Crippen LogP contribution in [0.25, 0.3) is 6.08 Å². The van der Waals surface area contributed by atoms with Crippen molar-refractivity contribution in [2.75, 3.05) is 20.7 Å². The Morgan fingerprint density at radius 2 is 1.96 bits per heavy atom. The molecule has 0 radical (unpaired) electrons. The van der Waals surface area contributed by atoms with Crippen molar-refractivity contribution in [3.05, 3.63) is 63.0 Å². The summed E-state index contributed by atoms with van der Waals surface area (Å²) in [5.74, 6) is 0.0990. The summed E-state index contributed by atoms with van der Waals surface area (Å²) >= 11 is 1.01. The van der Waals surface area contributed by atoms with E-state index in [4.69, 9.17) is 4.74 Å². The molecule has 2 rings (SSSR count). The van der Waals surface area contributed by atoms with Gasteiger partial charge in [0.2, 0.25) is 0 Å². The number of nitro groups is 1. The van der Waals surface area contributed by atoms with Crippen molar-refractivity contribution in [1.29, 1.82) is 0 Å². The van der Waals surface area contributed by atoms with Gasteiger partial charge >= 0.3 is 5.00 Å². The summed E-state index contributed by atoms with van der Waals surface area (Å²) in [6.45, 7) is -0.0723. The molecule has 0 N–H and O–H groups in total. The predicted molar refractivity (Wildman–Crippen MR) is 95.0 cm³/mol. The lowest BCUT2D eigenvalue weighted by Gasteiger charge is -2.11. The molecule has 0 atom stereocenters. The van der Waals surface area contributed by atoms with Gasteiger partial charge in [0.25, 0.3) is 5.91 Å². The Morgan fingerprint density at radius 3 is 2.52 bits per heavy atom. The summed E-state index contributed by atoms with van der Waals surface area (Å²) in [5.41, 5.74) is 1.06. The van der Waals surface area contributed by atoms with Crippen LogP contribution in [0.4, 0.5) is 5.00 Å². The van der Waals surface area contributed by atoms with E-state index in [9.17, 15) is 19.7 Å². The SMILES string of the molecule is CN(C)C(=O)COc1ccc(C(=O)/C=C\c2csc([N+](=O)[O-])c2)cc1. The minimum absolute atomic E-state index is 0.0286. The fraction of sp³-hybridized carbons (Fsp3) is 0.176. The third kappa shape index (κ3) is 5.25. The van der Waals surface area contributed by atoms with Crippen LogP contribution < -0.4 is 4.74 Å². The number of carbonyl (C=O) groups excluding carboxylic acids is 2. The lowest BCUT2D eigenvalue weighted by molar-refractivity contribution is -0.380. The molecule has 0 saturated heterocycles. The first kappa shape index (κ1) is 18.3. The number of allylic oxidation sites excluding steroid dienone is 1. The van der Waals surface area contributed by atoms with Crippen molar-refractivity contribution >= 4 is 34.1 Å². The van der Waals surface area contributed by atoms with Crippen LogP contribution in [0, 0.1) is 10.1 Å². The molecule has 1 aromatic heterocycles. The second-order valence-corrected chi connectivity index (χ2v) is 6.16. The Balaban J connectivity index is 1.96. The zero-order valence-electron chi connectivity index (χ0n) is 13.7. The highest BCUT2D eigenvalue weighted by Gasteiger charge is 2.09. The standard InChI is InChI=1S/C17H16N2O5S/c1-18(2)16(21)10-24-14-6-4-13(5-7-14)15(20)8-3-12-9-17(19(22)23)25-11-12/h3-9,11H,10H2,1-2H3/b8-3-. The van der Waals surface area contributed by atoms with E-state index in [-0.39, 0.29) is 23.3 Å². The van der Waals surface area contributed by atoms with Gasteiger partial charge < -0.3 is 9.64 Å². The van der Waals surface area contributed by atoms with E-state index in [2.05, 4.69) is 0 Å². The first-order valence-corrected chi connectivity index (χ1v) is 8.13. The number of likely N-dealkylation sites (N-methyl/N-ethyl adjacent to an activating group) is 1. The van der Waals surface area contributed by atoms with Gasteiger partial charge in [-0.2, -0.15) is 0 Å². The Bertz CT molecular complexity index is 809. The molecular weight excluding hydrogens is 344 g/mol. The lowest BCUT2D eigenvalue weighted by atomic mass is 10.1. The second-order valence-electron chi connectivity index (χ2n) is 5.27. The number of ketones is 1. The largest absolute Gasteiger partial charge is 0.484 e. The molecule has 130 valence electrons. The van der Waals surface area contributed by atoms with Crippen LogP contribution in [-0.4, -0.2) is 42.2 Å². The number of carbonyl (C=O) groups is 2. The van der Waals surface area contributed by atoms with Gasteiger partial charge in [0, 0.05) is 31.1 Å².